The van der Waals surface area contributed by atoms with Crippen LogP contribution >= 0.6 is 0 Å². The first-order valence-corrected chi connectivity index (χ1v) is 8.12. The summed E-state index contributed by atoms with van der Waals surface area (Å²) in [5.41, 5.74) is -0.326. The molecule has 0 radical (unpaired) electrons. The minimum Gasteiger partial charge on any atom is -0.339 e. The van der Waals surface area contributed by atoms with Crippen molar-refractivity contribution < 1.29 is 22.4 Å². The lowest BCUT2D eigenvalue weighted by Gasteiger charge is -2.19. The van der Waals surface area contributed by atoms with Gasteiger partial charge in [-0.15, -0.1) is 0 Å². The van der Waals surface area contributed by atoms with Crippen LogP contribution in [0, 0.1) is 17.3 Å². The maximum Gasteiger partial charge on any atom is 0.258 e. The molecule has 0 aliphatic carbocycles. The van der Waals surface area contributed by atoms with Gasteiger partial charge in [-0.1, -0.05) is 12.1 Å². The van der Waals surface area contributed by atoms with Crippen LogP contribution in [0.3, 0.4) is 0 Å². The quantitative estimate of drug-likeness (QED) is 0.600. The molecular weight excluding hydrogens is 313 g/mol. The molecule has 0 saturated heterocycles. The number of hydrogen-bond acceptors (Lipinski definition) is 5. The Morgan fingerprint density at radius 3 is 2.50 bits per heavy atom. The Bertz CT molecular complexity index is 727. The minimum absolute atomic E-state index is 0.326. The Morgan fingerprint density at radius 2 is 2.00 bits per heavy atom. The summed E-state index contributed by atoms with van der Waals surface area (Å²) in [6.07, 6.45) is 2.40. The molecule has 1 unspecified atom stereocenters. The largest absolute Gasteiger partial charge is 0.339 e. The van der Waals surface area contributed by atoms with Crippen molar-refractivity contribution in [1.82, 2.24) is 10.2 Å². The lowest BCUT2D eigenvalue weighted by molar-refractivity contribution is -0.128. The van der Waals surface area contributed by atoms with Gasteiger partial charge in [0.05, 0.1) is 11.3 Å². The van der Waals surface area contributed by atoms with Gasteiger partial charge in [0.2, 0.25) is 0 Å². The van der Waals surface area contributed by atoms with Crippen LogP contribution < -0.4 is 5.32 Å². The molecule has 0 spiro atoms. The van der Waals surface area contributed by atoms with E-state index in [2.05, 4.69) is 5.32 Å². The first kappa shape index (κ1) is 17.6. The zero-order chi connectivity index (χ0) is 16.9. The number of sulfone groups is 1. The van der Waals surface area contributed by atoms with Crippen molar-refractivity contribution in [3.8, 4) is 6.19 Å². The Kier molecular flexibility index (Phi) is 5.59. The Balaban J connectivity index is 3.03. The summed E-state index contributed by atoms with van der Waals surface area (Å²) in [4.78, 5) is 24.5. The highest BCUT2D eigenvalue weighted by molar-refractivity contribution is 7.90. The average Bonchev–Trinajstić information content (AvgIpc) is 2.43. The molecule has 0 aliphatic heterocycles. The number of nitriles is 1. The van der Waals surface area contributed by atoms with Gasteiger partial charge < -0.3 is 5.32 Å². The van der Waals surface area contributed by atoms with Crippen molar-refractivity contribution in [2.24, 2.45) is 0 Å². The highest BCUT2D eigenvalue weighted by atomic mass is 32.2. The van der Waals surface area contributed by atoms with Gasteiger partial charge in [0.1, 0.15) is 21.7 Å². The highest BCUT2D eigenvalue weighted by Crippen LogP contribution is 2.07. The molecule has 118 valence electrons. The smallest absolute Gasteiger partial charge is 0.258 e. The summed E-state index contributed by atoms with van der Waals surface area (Å²) in [5.74, 6) is -3.35. The number of benzene rings is 1. The molecule has 0 bridgehead atoms. The highest BCUT2D eigenvalue weighted by Gasteiger charge is 2.28. The van der Waals surface area contributed by atoms with E-state index in [1.165, 1.54) is 24.4 Å². The topological polar surface area (TPSA) is 107 Å². The monoisotopic (exact) mass is 327 g/mol. The summed E-state index contributed by atoms with van der Waals surface area (Å²) in [7, 11) is -2.48. The Hall–Kier alpha value is -2.47. The molecule has 22 heavy (non-hydrogen) atoms. The fraction of sp³-hybridized carbons (Fsp3) is 0.308. The number of likely N-dealkylation sites (N-methyl/N-ethyl adjacent to an activating group) is 1. The molecule has 0 fully saturated rings. The van der Waals surface area contributed by atoms with Crippen LogP contribution in [0.15, 0.2) is 24.3 Å². The normalized spacial score (nSPS) is 12.1. The van der Waals surface area contributed by atoms with Gasteiger partial charge in [-0.05, 0) is 12.1 Å². The van der Waals surface area contributed by atoms with Crippen LogP contribution in [0.5, 0.6) is 0 Å². The van der Waals surface area contributed by atoms with Crippen molar-refractivity contribution >= 4 is 21.7 Å². The standard InChI is InChI=1S/C13H14FN3O4S/c1-17(8-15)13(19)11(7-22(2,20)21)16-12(18)9-5-3-4-6-10(9)14/h3-6,11H,7H2,1-2H3,(H,16,18). The minimum atomic E-state index is -3.61. The van der Waals surface area contributed by atoms with E-state index in [0.29, 0.717) is 4.90 Å². The van der Waals surface area contributed by atoms with Crippen LogP contribution in [0.1, 0.15) is 10.4 Å². The fourth-order valence-corrected chi connectivity index (χ4v) is 2.47. The second-order valence-corrected chi connectivity index (χ2v) is 6.78. The molecule has 7 nitrogen and oxygen atoms in total. The van der Waals surface area contributed by atoms with Crippen molar-refractivity contribution in [2.45, 2.75) is 6.04 Å². The number of halogens is 1. The first-order chi connectivity index (χ1) is 10.2. The van der Waals surface area contributed by atoms with Gasteiger partial charge in [0, 0.05) is 13.3 Å². The number of nitrogens with zero attached hydrogens (tertiary/aromatic N) is 2. The first-order valence-electron chi connectivity index (χ1n) is 6.06. The third kappa shape index (κ3) is 4.82. The molecule has 1 aromatic rings. The van der Waals surface area contributed by atoms with Crippen molar-refractivity contribution in [2.75, 3.05) is 19.1 Å². The van der Waals surface area contributed by atoms with E-state index in [9.17, 15) is 22.4 Å². The van der Waals surface area contributed by atoms with Gasteiger partial charge in [-0.2, -0.15) is 5.26 Å². The molecule has 2 amide bonds. The summed E-state index contributed by atoms with van der Waals surface area (Å²) in [5, 5.41) is 10.8. The molecule has 1 N–H and O–H groups in total. The lowest BCUT2D eigenvalue weighted by atomic mass is 10.2. The van der Waals surface area contributed by atoms with E-state index in [4.69, 9.17) is 5.26 Å². The van der Waals surface area contributed by atoms with Gasteiger partial charge in [-0.25, -0.2) is 12.8 Å². The average molecular weight is 327 g/mol. The van der Waals surface area contributed by atoms with Gasteiger partial charge in [-0.3, -0.25) is 14.5 Å². The van der Waals surface area contributed by atoms with Crippen molar-refractivity contribution in [3.05, 3.63) is 35.6 Å². The van der Waals surface area contributed by atoms with Gasteiger partial charge >= 0.3 is 0 Å². The van der Waals surface area contributed by atoms with Crippen molar-refractivity contribution in [1.29, 1.82) is 5.26 Å². The molecule has 1 atom stereocenters. The molecule has 1 aromatic carbocycles. The Morgan fingerprint density at radius 1 is 1.41 bits per heavy atom. The number of rotatable bonds is 5. The van der Waals surface area contributed by atoms with Crippen LogP contribution in [0.2, 0.25) is 0 Å². The molecule has 0 aliphatic rings. The number of carbonyl (C=O) groups excluding carboxylic acids is 2. The number of amides is 2. The van der Waals surface area contributed by atoms with E-state index in [1.807, 2.05) is 0 Å². The van der Waals surface area contributed by atoms with Crippen LogP contribution in [-0.4, -0.2) is 50.2 Å². The zero-order valence-corrected chi connectivity index (χ0v) is 12.7. The summed E-state index contributed by atoms with van der Waals surface area (Å²) >= 11 is 0. The second-order valence-electron chi connectivity index (χ2n) is 4.60. The number of carbonyl (C=O) groups is 2. The molecule has 9 heteroatoms. The predicted molar refractivity (Wildman–Crippen MR) is 75.7 cm³/mol. The van der Waals surface area contributed by atoms with E-state index < -0.39 is 39.3 Å². The van der Waals surface area contributed by atoms with E-state index in [1.54, 1.807) is 0 Å². The zero-order valence-electron chi connectivity index (χ0n) is 11.9. The van der Waals surface area contributed by atoms with E-state index >= 15 is 0 Å². The molecular formula is C13H14FN3O4S. The molecule has 0 aromatic heterocycles. The Labute approximate surface area is 127 Å². The number of hydrogen-bond donors (Lipinski definition) is 1. The molecule has 1 rings (SSSR count). The second kappa shape index (κ2) is 7.00. The van der Waals surface area contributed by atoms with E-state index in [0.717, 1.165) is 19.4 Å². The van der Waals surface area contributed by atoms with Crippen LogP contribution in [0.25, 0.3) is 0 Å². The van der Waals surface area contributed by atoms with Crippen molar-refractivity contribution in [3.63, 3.8) is 0 Å². The number of nitrogens with one attached hydrogen (secondary N) is 1. The molecule has 0 heterocycles. The van der Waals surface area contributed by atoms with Crippen LogP contribution in [-0.2, 0) is 14.6 Å². The molecule has 0 saturated carbocycles. The summed E-state index contributed by atoms with van der Waals surface area (Å²) < 4.78 is 36.3. The van der Waals surface area contributed by atoms with E-state index in [-0.39, 0.29) is 5.56 Å². The van der Waals surface area contributed by atoms with Gasteiger partial charge in [0.25, 0.3) is 11.8 Å². The fourth-order valence-electron chi connectivity index (χ4n) is 1.64. The predicted octanol–water partition coefficient (Wildman–Crippen LogP) is -0.0918. The maximum atomic E-state index is 13.5. The third-order valence-corrected chi connectivity index (χ3v) is 3.61. The SMILES string of the molecule is CN(C#N)C(=O)C(CS(C)(=O)=O)NC(=O)c1ccccc1F. The third-order valence-electron chi connectivity index (χ3n) is 2.67. The summed E-state index contributed by atoms with van der Waals surface area (Å²) in [6.45, 7) is 0. The maximum absolute atomic E-state index is 13.5. The lowest BCUT2D eigenvalue weighted by Crippen LogP contribution is -2.49. The van der Waals surface area contributed by atoms with Gasteiger partial charge in [0.15, 0.2) is 6.19 Å². The van der Waals surface area contributed by atoms with Crippen LogP contribution in [0.4, 0.5) is 4.39 Å². The summed E-state index contributed by atoms with van der Waals surface area (Å²) in [6, 6.07) is 3.58.